The van der Waals surface area contributed by atoms with E-state index in [9.17, 15) is 13.6 Å². The second-order valence-electron chi connectivity index (χ2n) is 3.80. The molecule has 5 nitrogen and oxygen atoms in total. The smallest absolute Gasteiger partial charge is 0.339 e. The Bertz CT molecular complexity index is 625. The molecule has 100 valence electrons. The van der Waals surface area contributed by atoms with Gasteiger partial charge in [-0.25, -0.2) is 13.6 Å². The lowest BCUT2D eigenvalue weighted by Crippen LogP contribution is -2.09. The first-order valence-electron chi connectivity index (χ1n) is 5.31. The molecule has 19 heavy (non-hydrogen) atoms. The van der Waals surface area contributed by atoms with Crippen LogP contribution in [0.2, 0.25) is 0 Å². The molecule has 1 N–H and O–H groups in total. The molecule has 0 atom stereocenters. The van der Waals surface area contributed by atoms with Gasteiger partial charge in [-0.15, -0.1) is 0 Å². The predicted octanol–water partition coefficient (Wildman–Crippen LogP) is 1.98. The Morgan fingerprint density at radius 1 is 1.47 bits per heavy atom. The number of nitrogens with zero attached hydrogens (tertiary/aromatic N) is 2. The number of aromatic carboxylic acids is 1. The van der Waals surface area contributed by atoms with E-state index < -0.39 is 17.6 Å². The van der Waals surface area contributed by atoms with E-state index in [-0.39, 0.29) is 23.6 Å². The molecule has 1 heterocycles. The molecule has 7 heteroatoms. The first-order valence-corrected chi connectivity index (χ1v) is 5.31. The zero-order valence-electron chi connectivity index (χ0n) is 9.93. The predicted molar refractivity (Wildman–Crippen MR) is 60.9 cm³/mol. The lowest BCUT2D eigenvalue weighted by Gasteiger charge is -2.08. The Morgan fingerprint density at radius 3 is 2.84 bits per heavy atom. The van der Waals surface area contributed by atoms with E-state index in [1.807, 2.05) is 0 Å². The third kappa shape index (κ3) is 2.70. The molecule has 0 spiro atoms. The monoisotopic (exact) mass is 268 g/mol. The van der Waals surface area contributed by atoms with Crippen molar-refractivity contribution in [2.45, 2.75) is 6.61 Å². The summed E-state index contributed by atoms with van der Waals surface area (Å²) in [5.41, 5.74) is 0.265. The van der Waals surface area contributed by atoms with Crippen molar-refractivity contribution >= 4 is 5.97 Å². The number of carboxylic acids is 1. The molecule has 0 unspecified atom stereocenters. The summed E-state index contributed by atoms with van der Waals surface area (Å²) in [7, 11) is 1.55. The van der Waals surface area contributed by atoms with Crippen molar-refractivity contribution in [3.05, 3.63) is 47.3 Å². The molecular weight excluding hydrogens is 258 g/mol. The van der Waals surface area contributed by atoms with Gasteiger partial charge in [-0.3, -0.25) is 4.68 Å². The Kier molecular flexibility index (Phi) is 3.46. The molecule has 1 aromatic heterocycles. The van der Waals surface area contributed by atoms with Crippen molar-refractivity contribution in [1.82, 2.24) is 9.78 Å². The fourth-order valence-corrected chi connectivity index (χ4v) is 1.55. The van der Waals surface area contributed by atoms with Crippen molar-refractivity contribution < 1.29 is 23.4 Å². The molecule has 0 aliphatic carbocycles. The Morgan fingerprint density at radius 2 is 2.21 bits per heavy atom. The number of rotatable bonds is 4. The van der Waals surface area contributed by atoms with E-state index in [2.05, 4.69) is 5.10 Å². The minimum Gasteiger partial charge on any atom is -0.484 e. The maximum atomic E-state index is 13.3. The van der Waals surface area contributed by atoms with Gasteiger partial charge in [-0.05, 0) is 12.1 Å². The summed E-state index contributed by atoms with van der Waals surface area (Å²) in [5.74, 6) is -2.86. The highest BCUT2D eigenvalue weighted by atomic mass is 19.1. The zero-order chi connectivity index (χ0) is 14.0. The van der Waals surface area contributed by atoms with Gasteiger partial charge in [0, 0.05) is 13.1 Å². The normalized spacial score (nSPS) is 10.5. The van der Waals surface area contributed by atoms with Crippen LogP contribution in [0.5, 0.6) is 5.75 Å². The van der Waals surface area contributed by atoms with Gasteiger partial charge in [0.2, 0.25) is 0 Å². The van der Waals surface area contributed by atoms with Gasteiger partial charge in [0.05, 0.1) is 11.9 Å². The van der Waals surface area contributed by atoms with Crippen molar-refractivity contribution in [2.75, 3.05) is 0 Å². The summed E-state index contributed by atoms with van der Waals surface area (Å²) in [6.07, 6.45) is 1.18. The number of halogens is 2. The molecule has 0 bridgehead atoms. The number of hydrogen-bond donors (Lipinski definition) is 1. The van der Waals surface area contributed by atoms with E-state index in [0.29, 0.717) is 6.07 Å². The van der Waals surface area contributed by atoms with Gasteiger partial charge in [0.15, 0.2) is 11.6 Å². The lowest BCUT2D eigenvalue weighted by atomic mass is 10.2. The molecule has 2 aromatic rings. The molecule has 0 aliphatic heterocycles. The third-order valence-corrected chi connectivity index (χ3v) is 2.55. The maximum Gasteiger partial charge on any atom is 0.339 e. The van der Waals surface area contributed by atoms with Crippen molar-refractivity contribution in [1.29, 1.82) is 0 Å². The van der Waals surface area contributed by atoms with Gasteiger partial charge < -0.3 is 9.84 Å². The molecule has 0 radical (unpaired) electrons. The number of hydrogen-bond acceptors (Lipinski definition) is 3. The number of ether oxygens (including phenoxy) is 1. The topological polar surface area (TPSA) is 64.4 Å². The second kappa shape index (κ2) is 5.05. The largest absolute Gasteiger partial charge is 0.484 e. The van der Waals surface area contributed by atoms with E-state index >= 15 is 0 Å². The summed E-state index contributed by atoms with van der Waals surface area (Å²) >= 11 is 0. The molecule has 0 saturated heterocycles. The lowest BCUT2D eigenvalue weighted by molar-refractivity contribution is 0.0693. The van der Waals surface area contributed by atoms with Crippen LogP contribution < -0.4 is 4.74 Å². The molecule has 0 saturated carbocycles. The van der Waals surface area contributed by atoms with Crippen LogP contribution in [0.1, 0.15) is 16.1 Å². The molecule has 0 fully saturated rings. The Labute approximate surface area is 107 Å². The molecule has 0 amide bonds. The quantitative estimate of drug-likeness (QED) is 0.920. The number of aryl methyl sites for hydroxylation is 1. The van der Waals surface area contributed by atoms with Gasteiger partial charge in [-0.1, -0.05) is 0 Å². The average Bonchev–Trinajstić information content (AvgIpc) is 2.70. The van der Waals surface area contributed by atoms with Crippen molar-refractivity contribution in [2.24, 2.45) is 7.05 Å². The summed E-state index contributed by atoms with van der Waals surface area (Å²) in [5, 5.41) is 12.7. The maximum absolute atomic E-state index is 13.3. The summed E-state index contributed by atoms with van der Waals surface area (Å²) in [6, 6.07) is 2.89. The van der Waals surface area contributed by atoms with E-state index in [1.54, 1.807) is 7.05 Å². The van der Waals surface area contributed by atoms with E-state index in [4.69, 9.17) is 9.84 Å². The van der Waals surface area contributed by atoms with Crippen LogP contribution in [0.15, 0.2) is 24.4 Å². The summed E-state index contributed by atoms with van der Waals surface area (Å²) in [6.45, 7) is -0.180. The minimum atomic E-state index is -1.15. The minimum absolute atomic E-state index is 0.0231. The van der Waals surface area contributed by atoms with E-state index in [1.165, 1.54) is 10.9 Å². The molecular formula is C12H10F2N2O3. The Balaban J connectivity index is 2.19. The summed E-state index contributed by atoms with van der Waals surface area (Å²) in [4.78, 5) is 10.9. The van der Waals surface area contributed by atoms with Crippen LogP contribution in [0.25, 0.3) is 0 Å². The van der Waals surface area contributed by atoms with Crippen LogP contribution in [-0.2, 0) is 13.7 Å². The average molecular weight is 268 g/mol. The number of benzene rings is 1. The van der Waals surface area contributed by atoms with Gasteiger partial charge in [0.25, 0.3) is 0 Å². The van der Waals surface area contributed by atoms with Crippen LogP contribution in [0.3, 0.4) is 0 Å². The number of aromatic nitrogens is 2. The van der Waals surface area contributed by atoms with Crippen LogP contribution in [0, 0.1) is 11.6 Å². The fraction of sp³-hybridized carbons (Fsp3) is 0.167. The third-order valence-electron chi connectivity index (χ3n) is 2.55. The van der Waals surface area contributed by atoms with Gasteiger partial charge >= 0.3 is 5.97 Å². The summed E-state index contributed by atoms with van der Waals surface area (Å²) < 4.78 is 32.5. The highest BCUT2D eigenvalue weighted by Gasteiger charge is 2.16. The molecule has 0 aliphatic rings. The van der Waals surface area contributed by atoms with Gasteiger partial charge in [0.1, 0.15) is 18.0 Å². The van der Waals surface area contributed by atoms with Gasteiger partial charge in [-0.2, -0.15) is 5.10 Å². The zero-order valence-corrected chi connectivity index (χ0v) is 9.93. The standard InChI is InChI=1S/C12H10F2N2O3/c1-16-10(8(5-15-16)12(17)18)6-19-11-3-2-7(13)4-9(11)14/h2-5H,6H2,1H3,(H,17,18). The van der Waals surface area contributed by atoms with Crippen molar-refractivity contribution in [3.8, 4) is 5.75 Å². The van der Waals surface area contributed by atoms with E-state index in [0.717, 1.165) is 12.1 Å². The van der Waals surface area contributed by atoms with Crippen LogP contribution in [0.4, 0.5) is 8.78 Å². The van der Waals surface area contributed by atoms with Crippen LogP contribution >= 0.6 is 0 Å². The van der Waals surface area contributed by atoms with Crippen LogP contribution in [-0.4, -0.2) is 20.9 Å². The number of carboxylic acid groups (broad SMARTS) is 1. The molecule has 1 aromatic carbocycles. The second-order valence-corrected chi connectivity index (χ2v) is 3.80. The molecule has 2 rings (SSSR count). The van der Waals surface area contributed by atoms with Crippen molar-refractivity contribution in [3.63, 3.8) is 0 Å². The highest BCUT2D eigenvalue weighted by molar-refractivity contribution is 5.88. The first kappa shape index (κ1) is 13.0. The fourth-order valence-electron chi connectivity index (χ4n) is 1.55. The highest BCUT2D eigenvalue weighted by Crippen LogP contribution is 2.19. The number of carbonyl (C=O) groups is 1. The SMILES string of the molecule is Cn1ncc(C(=O)O)c1COc1ccc(F)cc1F. The Hall–Kier alpha value is -2.44. The first-order chi connectivity index (χ1) is 8.99.